The van der Waals surface area contributed by atoms with Gasteiger partial charge in [0.05, 0.1) is 33.6 Å². The number of pyridine rings is 1. The number of ether oxygens (including phenoxy) is 3. The van der Waals surface area contributed by atoms with Crippen LogP contribution in [0.3, 0.4) is 0 Å². The first-order valence-electron chi connectivity index (χ1n) is 14.2. The van der Waals surface area contributed by atoms with Gasteiger partial charge in [0.1, 0.15) is 17.4 Å². The molecule has 0 aliphatic rings. The highest BCUT2D eigenvalue weighted by Crippen LogP contribution is 2.28. The van der Waals surface area contributed by atoms with Gasteiger partial charge >= 0.3 is 0 Å². The van der Waals surface area contributed by atoms with E-state index in [-0.39, 0.29) is 0 Å². The van der Waals surface area contributed by atoms with Gasteiger partial charge in [0.2, 0.25) is 5.95 Å². The number of rotatable bonds is 13. The summed E-state index contributed by atoms with van der Waals surface area (Å²) in [6.07, 6.45) is 3.99. The number of nitrogens with one attached hydrogen (secondary N) is 1. The van der Waals surface area contributed by atoms with Crippen LogP contribution in [0.1, 0.15) is 45.4 Å². The van der Waals surface area contributed by atoms with E-state index in [9.17, 15) is 0 Å². The van der Waals surface area contributed by atoms with E-state index in [1.165, 1.54) is 5.56 Å². The Morgan fingerprint density at radius 2 is 1.47 bits per heavy atom. The van der Waals surface area contributed by atoms with Crippen molar-refractivity contribution in [2.45, 2.75) is 46.2 Å². The molecule has 0 aliphatic carbocycles. The van der Waals surface area contributed by atoms with Gasteiger partial charge in [-0.25, -0.2) is 14.6 Å². The first-order valence-corrected chi connectivity index (χ1v) is 14.2. The van der Waals surface area contributed by atoms with E-state index in [0.717, 1.165) is 58.4 Å². The number of methoxy groups -OCH3 is 3. The Hall–Kier alpha value is -4.99. The van der Waals surface area contributed by atoms with E-state index in [4.69, 9.17) is 29.3 Å². The molecule has 3 aromatic heterocycles. The van der Waals surface area contributed by atoms with Crippen LogP contribution in [0, 0.1) is 13.8 Å². The van der Waals surface area contributed by atoms with Crippen molar-refractivity contribution < 1.29 is 14.2 Å². The Bertz CT molecular complexity index is 1670. The van der Waals surface area contributed by atoms with Crippen LogP contribution in [0.4, 0.5) is 5.95 Å². The van der Waals surface area contributed by atoms with E-state index in [0.29, 0.717) is 37.0 Å². The highest BCUT2D eigenvalue weighted by Gasteiger charge is 2.15. The van der Waals surface area contributed by atoms with Crippen molar-refractivity contribution in [3.63, 3.8) is 0 Å². The van der Waals surface area contributed by atoms with E-state index < -0.39 is 0 Å². The van der Waals surface area contributed by atoms with Crippen molar-refractivity contribution in [1.82, 2.24) is 29.7 Å². The first kappa shape index (κ1) is 29.5. The summed E-state index contributed by atoms with van der Waals surface area (Å²) >= 11 is 0. The summed E-state index contributed by atoms with van der Waals surface area (Å²) in [7, 11) is 4.92. The summed E-state index contributed by atoms with van der Waals surface area (Å²) in [5, 5.41) is 8.20. The second kappa shape index (κ2) is 13.8. The average Bonchev–Trinajstić information content (AvgIpc) is 3.39. The van der Waals surface area contributed by atoms with Gasteiger partial charge in [-0.1, -0.05) is 18.2 Å². The summed E-state index contributed by atoms with van der Waals surface area (Å²) in [5.41, 5.74) is 6.23. The molecule has 0 saturated carbocycles. The summed E-state index contributed by atoms with van der Waals surface area (Å²) in [6.45, 7) is 5.04. The number of hydrogen-bond donors (Lipinski definition) is 1. The Morgan fingerprint density at radius 1 is 0.721 bits per heavy atom. The zero-order valence-electron chi connectivity index (χ0n) is 25.3. The van der Waals surface area contributed by atoms with Gasteiger partial charge in [0.25, 0.3) is 0 Å². The Morgan fingerprint density at radius 3 is 2.21 bits per heavy atom. The SMILES string of the molecule is COc1ccc(CNc2nc(Cc3ccc(OC)c(OC)c3)n(Cc3cc(CCc4cc(C)ccn4)nc(C)n3)n2)cc1. The summed E-state index contributed by atoms with van der Waals surface area (Å²) in [6, 6.07) is 20.0. The molecule has 43 heavy (non-hydrogen) atoms. The van der Waals surface area contributed by atoms with Crippen LogP contribution >= 0.6 is 0 Å². The zero-order chi connectivity index (χ0) is 30.2. The quantitative estimate of drug-likeness (QED) is 0.203. The van der Waals surface area contributed by atoms with E-state index in [1.807, 2.05) is 66.3 Å². The lowest BCUT2D eigenvalue weighted by atomic mass is 10.1. The average molecular weight is 580 g/mol. The van der Waals surface area contributed by atoms with Crippen molar-refractivity contribution in [3.05, 3.63) is 112 Å². The van der Waals surface area contributed by atoms with Crippen LogP contribution in [0.15, 0.2) is 66.9 Å². The number of aryl methyl sites for hydroxylation is 4. The Balaban J connectivity index is 1.38. The van der Waals surface area contributed by atoms with Crippen molar-refractivity contribution in [2.75, 3.05) is 26.6 Å². The maximum absolute atomic E-state index is 5.53. The lowest BCUT2D eigenvalue weighted by Crippen LogP contribution is -2.11. The number of aromatic nitrogens is 6. The number of nitrogens with zero attached hydrogens (tertiary/aromatic N) is 6. The molecule has 5 rings (SSSR count). The van der Waals surface area contributed by atoms with Crippen molar-refractivity contribution >= 4 is 5.95 Å². The fourth-order valence-electron chi connectivity index (χ4n) is 4.86. The molecule has 0 unspecified atom stereocenters. The molecule has 0 saturated heterocycles. The third kappa shape index (κ3) is 7.85. The maximum atomic E-state index is 5.53. The van der Waals surface area contributed by atoms with Gasteiger partial charge in [0.15, 0.2) is 11.5 Å². The fraction of sp³-hybridized carbons (Fsp3) is 0.303. The molecule has 0 radical (unpaired) electrons. The molecule has 0 fully saturated rings. The van der Waals surface area contributed by atoms with Crippen LogP contribution in [0.2, 0.25) is 0 Å². The van der Waals surface area contributed by atoms with E-state index in [2.05, 4.69) is 34.3 Å². The number of hydrogen-bond acceptors (Lipinski definition) is 9. The minimum Gasteiger partial charge on any atom is -0.497 e. The summed E-state index contributed by atoms with van der Waals surface area (Å²) < 4.78 is 18.1. The molecule has 0 spiro atoms. The molecule has 5 aromatic rings. The molecule has 0 amide bonds. The highest BCUT2D eigenvalue weighted by molar-refractivity contribution is 5.44. The maximum Gasteiger partial charge on any atom is 0.242 e. The molecule has 2 aromatic carbocycles. The lowest BCUT2D eigenvalue weighted by Gasteiger charge is -2.11. The normalized spacial score (nSPS) is 10.9. The van der Waals surface area contributed by atoms with E-state index in [1.54, 1.807) is 21.3 Å². The molecule has 0 bridgehead atoms. The van der Waals surface area contributed by atoms with Crippen molar-refractivity contribution in [2.24, 2.45) is 0 Å². The molecule has 10 nitrogen and oxygen atoms in total. The zero-order valence-corrected chi connectivity index (χ0v) is 25.3. The summed E-state index contributed by atoms with van der Waals surface area (Å²) in [4.78, 5) is 18.8. The minimum atomic E-state index is 0.457. The second-order valence-corrected chi connectivity index (χ2v) is 10.3. The van der Waals surface area contributed by atoms with Gasteiger partial charge < -0.3 is 19.5 Å². The van der Waals surface area contributed by atoms with Crippen LogP contribution in [0.5, 0.6) is 17.2 Å². The molecule has 3 heterocycles. The molecule has 222 valence electrons. The van der Waals surface area contributed by atoms with Gasteiger partial charge in [-0.3, -0.25) is 4.98 Å². The van der Waals surface area contributed by atoms with Crippen LogP contribution in [-0.4, -0.2) is 51.0 Å². The molecule has 0 aliphatic heterocycles. The molecule has 10 heteroatoms. The Kier molecular flexibility index (Phi) is 9.46. The van der Waals surface area contributed by atoms with Crippen LogP contribution in [-0.2, 0) is 32.4 Å². The summed E-state index contributed by atoms with van der Waals surface area (Å²) in [5.74, 6) is 4.23. The largest absolute Gasteiger partial charge is 0.497 e. The predicted octanol–water partition coefficient (Wildman–Crippen LogP) is 5.14. The van der Waals surface area contributed by atoms with Gasteiger partial charge in [-0.2, -0.15) is 4.98 Å². The lowest BCUT2D eigenvalue weighted by molar-refractivity contribution is 0.354. The Labute approximate surface area is 252 Å². The van der Waals surface area contributed by atoms with Crippen molar-refractivity contribution in [1.29, 1.82) is 0 Å². The molecular formula is C33H37N7O3. The molecular weight excluding hydrogens is 542 g/mol. The van der Waals surface area contributed by atoms with Crippen LogP contribution in [0.25, 0.3) is 0 Å². The van der Waals surface area contributed by atoms with Gasteiger partial charge in [0, 0.05) is 30.6 Å². The molecule has 1 N–H and O–H groups in total. The third-order valence-corrected chi connectivity index (χ3v) is 7.03. The van der Waals surface area contributed by atoms with E-state index >= 15 is 0 Å². The monoisotopic (exact) mass is 579 g/mol. The smallest absolute Gasteiger partial charge is 0.242 e. The third-order valence-electron chi connectivity index (χ3n) is 7.03. The van der Waals surface area contributed by atoms with Gasteiger partial charge in [-0.05, 0) is 85.8 Å². The van der Waals surface area contributed by atoms with Crippen LogP contribution < -0.4 is 19.5 Å². The standard InChI is InChI=1S/C33H37N7O3/c1-22-14-15-34-26(16-22)9-10-27-19-28(37-23(2)36-27)21-40-32(18-25-8-13-30(42-4)31(17-25)43-5)38-33(39-40)35-20-24-6-11-29(41-3)12-7-24/h6-8,11-17,19H,9-10,18,20-21H2,1-5H3,(H,35,39). The predicted molar refractivity (Wildman–Crippen MR) is 165 cm³/mol. The minimum absolute atomic E-state index is 0.457. The highest BCUT2D eigenvalue weighted by atomic mass is 16.5. The fourth-order valence-corrected chi connectivity index (χ4v) is 4.86. The topological polar surface area (TPSA) is 109 Å². The second-order valence-electron chi connectivity index (χ2n) is 10.3. The number of anilines is 1. The molecule has 0 atom stereocenters. The van der Waals surface area contributed by atoms with Crippen molar-refractivity contribution in [3.8, 4) is 17.2 Å². The first-order chi connectivity index (χ1) is 20.9. The van der Waals surface area contributed by atoms with Gasteiger partial charge in [-0.15, -0.1) is 5.10 Å². The number of benzene rings is 2.